The number of rotatable bonds is 7. The van der Waals surface area contributed by atoms with Crippen LogP contribution < -0.4 is 11.2 Å². The smallest absolute Gasteiger partial charge is 0.391 e. The first-order valence-corrected chi connectivity index (χ1v) is 9.95. The Hall–Kier alpha value is -1.29. The van der Waals surface area contributed by atoms with Crippen LogP contribution in [0.5, 0.6) is 0 Å². The van der Waals surface area contributed by atoms with Gasteiger partial charge in [0.1, 0.15) is 18.8 Å². The Bertz CT molecular complexity index is 1030. The lowest BCUT2D eigenvalue weighted by Crippen LogP contribution is -2.43. The van der Waals surface area contributed by atoms with Gasteiger partial charge in [-0.25, -0.2) is 18.3 Å². The molecule has 0 aliphatic carbocycles. The Kier molecular flexibility index (Phi) is 5.61. The molecule has 28 heavy (non-hydrogen) atoms. The van der Waals surface area contributed by atoms with Crippen molar-refractivity contribution in [1.82, 2.24) is 9.55 Å². The topological polar surface area (TPSA) is 238 Å². The monoisotopic (exact) mass is 454 g/mol. The van der Waals surface area contributed by atoms with Gasteiger partial charge in [-0.3, -0.25) is 18.9 Å². The number of hydrogen-bond donors (Lipinski definition) is 7. The lowest BCUT2D eigenvalue weighted by Gasteiger charge is -2.23. The number of aliphatic hydroxyl groups is 3. The summed E-state index contributed by atoms with van der Waals surface area (Å²) in [6.07, 6.45) is -6.98. The van der Waals surface area contributed by atoms with Crippen molar-refractivity contribution in [2.75, 3.05) is 6.56 Å². The summed E-state index contributed by atoms with van der Waals surface area (Å²) in [6.45, 7) is -5.12. The SMILES string of the molecule is [2H]C([2H])(OP(=O)(O)OP(=O)(O)O)[C@@]1(F)O[C@@H](n2cc(CO)c(=O)[nH]c2=O)[C@H](O)[C@@H]1O. The third kappa shape index (κ3) is 5.00. The van der Waals surface area contributed by atoms with Gasteiger partial charge < -0.3 is 34.7 Å². The van der Waals surface area contributed by atoms with Gasteiger partial charge in [0.05, 0.1) is 14.9 Å². The van der Waals surface area contributed by atoms with Crippen LogP contribution in [0, 0.1) is 0 Å². The largest absolute Gasteiger partial charge is 0.481 e. The Morgan fingerprint density at radius 1 is 1.36 bits per heavy atom. The number of hydrogen-bond acceptors (Lipinski definition) is 10. The fourth-order valence-electron chi connectivity index (χ4n) is 2.10. The number of alkyl halides is 1. The second kappa shape index (κ2) is 7.85. The van der Waals surface area contributed by atoms with E-state index in [0.29, 0.717) is 6.20 Å². The molecule has 0 bridgehead atoms. The molecule has 1 fully saturated rings. The molecule has 0 radical (unpaired) electrons. The van der Waals surface area contributed by atoms with Crippen LogP contribution >= 0.6 is 15.6 Å². The Balaban J connectivity index is 2.43. The maximum absolute atomic E-state index is 15.2. The Labute approximate surface area is 156 Å². The van der Waals surface area contributed by atoms with Crippen molar-refractivity contribution in [3.8, 4) is 0 Å². The van der Waals surface area contributed by atoms with Crippen LogP contribution in [-0.4, -0.2) is 64.2 Å². The van der Waals surface area contributed by atoms with Gasteiger partial charge in [-0.05, 0) is 0 Å². The highest BCUT2D eigenvalue weighted by Gasteiger charge is 2.57. The Morgan fingerprint density at radius 2 is 1.96 bits per heavy atom. The number of nitrogens with zero attached hydrogens (tertiary/aromatic N) is 1. The molecule has 0 spiro atoms. The van der Waals surface area contributed by atoms with E-state index in [1.54, 1.807) is 4.98 Å². The molecule has 0 saturated carbocycles. The zero-order chi connectivity index (χ0) is 23.3. The van der Waals surface area contributed by atoms with E-state index in [4.69, 9.17) is 17.6 Å². The normalized spacial score (nSPS) is 31.9. The van der Waals surface area contributed by atoms with Gasteiger partial charge in [0, 0.05) is 6.20 Å². The first-order valence-electron chi connectivity index (χ1n) is 7.92. The summed E-state index contributed by atoms with van der Waals surface area (Å²) in [7, 11) is -11.7. The van der Waals surface area contributed by atoms with E-state index in [9.17, 15) is 33.8 Å². The van der Waals surface area contributed by atoms with Gasteiger partial charge in [0.15, 0.2) is 6.23 Å². The van der Waals surface area contributed by atoms with Crippen molar-refractivity contribution >= 4 is 15.6 Å². The minimum absolute atomic E-state index is 0.281. The number of aromatic amines is 1. The van der Waals surface area contributed by atoms with Crippen LogP contribution in [0.4, 0.5) is 4.39 Å². The summed E-state index contributed by atoms with van der Waals surface area (Å²) >= 11 is 0. The highest BCUT2D eigenvalue weighted by molar-refractivity contribution is 7.60. The third-order valence-corrected chi connectivity index (χ3v) is 5.28. The standard InChI is InChI=1S/C10H15FN2O13P2/c11-10(3-24-28(22,23)26-27(19,20)21)6(16)5(15)8(25-10)13-1-4(2-14)7(17)12-9(13)18/h1,5-6,8,14-16H,2-3H2,(H,22,23)(H,12,17,18)(H2,19,20,21)/t5-,6+,8-,10-/m1/s1/i3D2. The number of phosphoric ester groups is 1. The quantitative estimate of drug-likeness (QED) is 0.206. The van der Waals surface area contributed by atoms with Crippen molar-refractivity contribution in [2.24, 2.45) is 0 Å². The first-order chi connectivity index (χ1) is 13.4. The number of H-pyrrole nitrogens is 1. The van der Waals surface area contributed by atoms with E-state index in [0.717, 1.165) is 0 Å². The summed E-state index contributed by atoms with van der Waals surface area (Å²) in [5.74, 6) is -4.21. The van der Waals surface area contributed by atoms with E-state index in [1.807, 2.05) is 0 Å². The molecular formula is C10H15FN2O13P2. The molecule has 1 aromatic heterocycles. The number of ether oxygens (including phenoxy) is 1. The van der Waals surface area contributed by atoms with Crippen molar-refractivity contribution < 1.29 is 59.8 Å². The first kappa shape index (κ1) is 20.0. The Morgan fingerprint density at radius 3 is 2.50 bits per heavy atom. The maximum atomic E-state index is 15.2. The summed E-state index contributed by atoms with van der Waals surface area (Å²) in [5.41, 5.74) is -2.85. The second-order valence-electron chi connectivity index (χ2n) is 5.30. The molecule has 0 amide bonds. The van der Waals surface area contributed by atoms with Crippen LogP contribution in [0.2, 0.25) is 0 Å². The van der Waals surface area contributed by atoms with Gasteiger partial charge in [-0.15, -0.1) is 0 Å². The van der Waals surface area contributed by atoms with Crippen LogP contribution in [-0.2, 0) is 29.3 Å². The molecule has 7 N–H and O–H groups in total. The molecule has 2 heterocycles. The average molecular weight is 454 g/mol. The number of aromatic nitrogens is 2. The number of nitrogens with one attached hydrogen (secondary N) is 1. The minimum atomic E-state index is -6.00. The van der Waals surface area contributed by atoms with Crippen LogP contribution in [0.25, 0.3) is 0 Å². The van der Waals surface area contributed by atoms with Gasteiger partial charge in [-0.1, -0.05) is 0 Å². The molecule has 18 heteroatoms. The minimum Gasteiger partial charge on any atom is -0.391 e. The van der Waals surface area contributed by atoms with Crippen LogP contribution in [0.1, 0.15) is 14.5 Å². The number of phosphoric acid groups is 2. The van der Waals surface area contributed by atoms with E-state index in [1.165, 1.54) is 0 Å². The lowest BCUT2D eigenvalue weighted by molar-refractivity contribution is -0.205. The van der Waals surface area contributed by atoms with E-state index in [-0.39, 0.29) is 4.57 Å². The van der Waals surface area contributed by atoms with Crippen molar-refractivity contribution in [2.45, 2.75) is 30.9 Å². The highest BCUT2D eigenvalue weighted by Crippen LogP contribution is 2.58. The van der Waals surface area contributed by atoms with Gasteiger partial charge in [0.25, 0.3) is 11.4 Å². The van der Waals surface area contributed by atoms with E-state index < -0.39 is 69.9 Å². The molecule has 1 saturated heterocycles. The number of aliphatic hydroxyl groups excluding tert-OH is 3. The van der Waals surface area contributed by atoms with Crippen molar-refractivity contribution in [3.05, 3.63) is 32.6 Å². The molecule has 0 aromatic carbocycles. The zero-order valence-corrected chi connectivity index (χ0v) is 15.1. The van der Waals surface area contributed by atoms with Gasteiger partial charge in [0.2, 0.25) is 0 Å². The molecule has 1 aliphatic heterocycles. The van der Waals surface area contributed by atoms with Crippen molar-refractivity contribution in [1.29, 1.82) is 0 Å². The lowest BCUT2D eigenvalue weighted by atomic mass is 10.1. The molecule has 2 rings (SSSR count). The second-order valence-corrected chi connectivity index (χ2v) is 8.06. The van der Waals surface area contributed by atoms with E-state index in [2.05, 4.69) is 13.6 Å². The molecule has 1 aromatic rings. The van der Waals surface area contributed by atoms with Gasteiger partial charge >= 0.3 is 21.3 Å². The zero-order valence-electron chi connectivity index (χ0n) is 15.3. The van der Waals surface area contributed by atoms with Crippen LogP contribution in [0.3, 0.4) is 0 Å². The summed E-state index contributed by atoms with van der Waals surface area (Å²) in [5, 5.41) is 29.0. The molecule has 160 valence electrons. The van der Waals surface area contributed by atoms with E-state index >= 15 is 4.39 Å². The molecule has 15 nitrogen and oxygen atoms in total. The fourth-order valence-corrected chi connectivity index (χ4v) is 3.54. The molecule has 1 aliphatic rings. The predicted molar refractivity (Wildman–Crippen MR) is 82.1 cm³/mol. The summed E-state index contributed by atoms with van der Waals surface area (Å²) < 4.78 is 64.2. The maximum Gasteiger partial charge on any atom is 0.481 e. The number of halogens is 1. The average Bonchev–Trinajstić information content (AvgIpc) is 2.77. The predicted octanol–water partition coefficient (Wildman–Crippen LogP) is -2.83. The fraction of sp³-hybridized carbons (Fsp3) is 0.600. The molecular weight excluding hydrogens is 437 g/mol. The van der Waals surface area contributed by atoms with Gasteiger partial charge in [-0.2, -0.15) is 4.31 Å². The summed E-state index contributed by atoms with van der Waals surface area (Å²) in [4.78, 5) is 51.3. The molecule has 1 unspecified atom stereocenters. The molecule has 5 atom stereocenters. The third-order valence-electron chi connectivity index (χ3n) is 3.28. The van der Waals surface area contributed by atoms with Crippen molar-refractivity contribution in [3.63, 3.8) is 0 Å². The summed E-state index contributed by atoms with van der Waals surface area (Å²) in [6, 6.07) is 0. The van der Waals surface area contributed by atoms with Crippen LogP contribution in [0.15, 0.2) is 15.8 Å². The highest BCUT2D eigenvalue weighted by atomic mass is 31.3.